The van der Waals surface area contributed by atoms with Crippen molar-refractivity contribution in [2.75, 3.05) is 12.4 Å². The van der Waals surface area contributed by atoms with Crippen LogP contribution in [-0.4, -0.2) is 27.0 Å². The average Bonchev–Trinajstić information content (AvgIpc) is 2.45. The molecule has 23 heavy (non-hydrogen) atoms. The fourth-order valence-corrected chi connectivity index (χ4v) is 3.23. The van der Waals surface area contributed by atoms with Crippen LogP contribution in [0.15, 0.2) is 23.1 Å². The first-order valence-electron chi connectivity index (χ1n) is 6.96. The maximum atomic E-state index is 12.5. The second-order valence-corrected chi connectivity index (χ2v) is 7.30. The highest BCUT2D eigenvalue weighted by atomic mass is 32.2. The fourth-order valence-electron chi connectivity index (χ4n) is 1.75. The van der Waals surface area contributed by atoms with Crippen LogP contribution in [0.3, 0.4) is 0 Å². The molecule has 126 valence electrons. The van der Waals surface area contributed by atoms with Gasteiger partial charge in [-0.05, 0) is 31.0 Å². The van der Waals surface area contributed by atoms with E-state index in [-0.39, 0.29) is 22.4 Å². The lowest BCUT2D eigenvalue weighted by molar-refractivity contribution is -0.114. The molecule has 1 aromatic rings. The van der Waals surface area contributed by atoms with E-state index in [0.29, 0.717) is 5.75 Å². The van der Waals surface area contributed by atoms with Gasteiger partial charge in [0.25, 0.3) is 0 Å². The highest BCUT2D eigenvalue weighted by molar-refractivity contribution is 7.89. The smallest absolute Gasteiger partial charge is 0.242 e. The van der Waals surface area contributed by atoms with Gasteiger partial charge >= 0.3 is 0 Å². The zero-order valence-corrected chi connectivity index (χ0v) is 14.6. The molecule has 1 rings (SSSR count). The lowest BCUT2D eigenvalue weighted by atomic mass is 9.92. The van der Waals surface area contributed by atoms with Gasteiger partial charge in [0.1, 0.15) is 11.3 Å². The zero-order chi connectivity index (χ0) is 17.8. The zero-order valence-electron chi connectivity index (χ0n) is 13.8. The maximum absolute atomic E-state index is 12.5. The molecule has 0 radical (unpaired) electrons. The molecule has 0 saturated carbocycles. The minimum Gasteiger partial charge on any atom is -0.495 e. The molecule has 0 aliphatic heterocycles. The van der Waals surface area contributed by atoms with Crippen LogP contribution in [0.4, 0.5) is 5.69 Å². The van der Waals surface area contributed by atoms with Gasteiger partial charge in [0.05, 0.1) is 23.8 Å². The predicted octanol–water partition coefficient (Wildman–Crippen LogP) is 1.87. The van der Waals surface area contributed by atoms with E-state index in [9.17, 15) is 18.5 Å². The molecule has 0 saturated heterocycles. The molecule has 0 spiro atoms. The molecule has 7 nitrogen and oxygen atoms in total. The summed E-state index contributed by atoms with van der Waals surface area (Å²) in [5.74, 6) is -0.240. The van der Waals surface area contributed by atoms with Gasteiger partial charge < -0.3 is 10.1 Å². The van der Waals surface area contributed by atoms with Crippen LogP contribution in [0.25, 0.3) is 0 Å². The number of sulfonamides is 1. The maximum Gasteiger partial charge on any atom is 0.242 e. The number of benzene rings is 1. The molecule has 2 N–H and O–H groups in total. The van der Waals surface area contributed by atoms with Crippen molar-refractivity contribution in [3.05, 3.63) is 18.2 Å². The largest absolute Gasteiger partial charge is 0.495 e. The molecule has 0 unspecified atom stereocenters. The summed E-state index contributed by atoms with van der Waals surface area (Å²) in [4.78, 5) is 11.2. The molecule has 1 amide bonds. The highest BCUT2D eigenvalue weighted by Gasteiger charge is 2.34. The summed E-state index contributed by atoms with van der Waals surface area (Å²) in [7, 11) is -2.52. The number of carbonyl (C=O) groups is 1. The van der Waals surface area contributed by atoms with Gasteiger partial charge in [0.2, 0.25) is 15.9 Å². The summed E-state index contributed by atoms with van der Waals surface area (Å²) in [5, 5.41) is 11.8. The standard InChI is InChI=1S/C15H21N3O4S/c1-10(2)15(4,9-16)18-23(20,21)12-6-7-14(22-5)13(8-12)17-11(3)19/h6-8,10,18H,1-5H3,(H,17,19)/t15-/m1/s1. The minimum absolute atomic E-state index is 0.0656. The van der Waals surface area contributed by atoms with E-state index in [1.54, 1.807) is 13.8 Å². The normalized spacial score (nSPS) is 14.0. The topological polar surface area (TPSA) is 108 Å². The molecule has 0 aliphatic rings. The van der Waals surface area contributed by atoms with Gasteiger partial charge in [0, 0.05) is 6.92 Å². The van der Waals surface area contributed by atoms with Gasteiger partial charge in [0.15, 0.2) is 0 Å². The third-order valence-corrected chi connectivity index (χ3v) is 5.09. The quantitative estimate of drug-likeness (QED) is 0.822. The van der Waals surface area contributed by atoms with Crippen LogP contribution in [0, 0.1) is 17.2 Å². The summed E-state index contributed by atoms with van der Waals surface area (Å²) in [6.07, 6.45) is 0. The van der Waals surface area contributed by atoms with Crippen molar-refractivity contribution in [3.63, 3.8) is 0 Å². The molecule has 0 bridgehead atoms. The Morgan fingerprint density at radius 2 is 2.00 bits per heavy atom. The van der Waals surface area contributed by atoms with Gasteiger partial charge in [-0.3, -0.25) is 4.79 Å². The Morgan fingerprint density at radius 3 is 2.43 bits per heavy atom. The molecule has 0 aliphatic carbocycles. The SMILES string of the molecule is COc1ccc(S(=O)(=O)N[C@](C)(C#N)C(C)C)cc1NC(C)=O. The second-order valence-electron chi connectivity index (χ2n) is 5.62. The number of carbonyl (C=O) groups excluding carboxylic acids is 1. The lowest BCUT2D eigenvalue weighted by Crippen LogP contribution is -2.48. The summed E-state index contributed by atoms with van der Waals surface area (Å²) >= 11 is 0. The van der Waals surface area contributed by atoms with Crippen molar-refractivity contribution in [2.45, 2.75) is 38.1 Å². The van der Waals surface area contributed by atoms with E-state index in [0.717, 1.165) is 0 Å². The summed E-state index contributed by atoms with van der Waals surface area (Å²) in [6, 6.07) is 6.08. The average molecular weight is 339 g/mol. The van der Waals surface area contributed by atoms with E-state index < -0.39 is 15.6 Å². The first kappa shape index (κ1) is 18.9. The van der Waals surface area contributed by atoms with Crippen molar-refractivity contribution in [1.82, 2.24) is 4.72 Å². The first-order chi connectivity index (χ1) is 10.6. The number of ether oxygens (including phenoxy) is 1. The number of nitrogens with zero attached hydrogens (tertiary/aromatic N) is 1. The van der Waals surface area contributed by atoms with Gasteiger partial charge in [-0.25, -0.2) is 8.42 Å². The molecule has 8 heteroatoms. The van der Waals surface area contributed by atoms with E-state index in [4.69, 9.17) is 4.74 Å². The number of nitriles is 1. The number of hydrogen-bond donors (Lipinski definition) is 2. The number of amides is 1. The molecule has 0 heterocycles. The lowest BCUT2D eigenvalue weighted by Gasteiger charge is -2.27. The summed E-state index contributed by atoms with van der Waals surface area (Å²) in [6.45, 7) is 6.34. The Morgan fingerprint density at radius 1 is 1.39 bits per heavy atom. The number of methoxy groups -OCH3 is 1. The number of rotatable bonds is 6. The van der Waals surface area contributed by atoms with Gasteiger partial charge in [-0.1, -0.05) is 13.8 Å². The van der Waals surface area contributed by atoms with Crippen molar-refractivity contribution in [1.29, 1.82) is 5.26 Å². The summed E-state index contributed by atoms with van der Waals surface area (Å²) in [5.41, 5.74) is -1.00. The molecular formula is C15H21N3O4S. The highest BCUT2D eigenvalue weighted by Crippen LogP contribution is 2.28. The Balaban J connectivity index is 3.29. The number of hydrogen-bond acceptors (Lipinski definition) is 5. The third-order valence-electron chi connectivity index (χ3n) is 3.53. The predicted molar refractivity (Wildman–Crippen MR) is 86.5 cm³/mol. The van der Waals surface area contributed by atoms with Crippen molar-refractivity contribution in [2.24, 2.45) is 5.92 Å². The van der Waals surface area contributed by atoms with Crippen LogP contribution in [0.1, 0.15) is 27.7 Å². The van der Waals surface area contributed by atoms with Crippen molar-refractivity contribution in [3.8, 4) is 11.8 Å². The Bertz CT molecular complexity index is 738. The molecule has 0 fully saturated rings. The van der Waals surface area contributed by atoms with Crippen LogP contribution in [-0.2, 0) is 14.8 Å². The molecule has 0 aromatic heterocycles. The minimum atomic E-state index is -3.94. The number of anilines is 1. The summed E-state index contributed by atoms with van der Waals surface area (Å²) < 4.78 is 32.6. The second kappa shape index (κ2) is 6.98. The Labute approximate surface area is 136 Å². The molecule has 1 aromatic carbocycles. The van der Waals surface area contributed by atoms with Crippen LogP contribution >= 0.6 is 0 Å². The molecular weight excluding hydrogens is 318 g/mol. The van der Waals surface area contributed by atoms with Crippen LogP contribution in [0.5, 0.6) is 5.75 Å². The van der Waals surface area contributed by atoms with E-state index >= 15 is 0 Å². The van der Waals surface area contributed by atoms with Gasteiger partial charge in [-0.2, -0.15) is 9.98 Å². The first-order valence-corrected chi connectivity index (χ1v) is 8.45. The number of nitrogens with one attached hydrogen (secondary N) is 2. The van der Waals surface area contributed by atoms with E-state index in [1.165, 1.54) is 39.2 Å². The molecule has 1 atom stereocenters. The Kier molecular flexibility index (Phi) is 5.75. The van der Waals surface area contributed by atoms with Crippen molar-refractivity contribution >= 4 is 21.6 Å². The van der Waals surface area contributed by atoms with Crippen molar-refractivity contribution < 1.29 is 17.9 Å². The van der Waals surface area contributed by atoms with Crippen LogP contribution in [0.2, 0.25) is 0 Å². The van der Waals surface area contributed by atoms with E-state index in [2.05, 4.69) is 10.0 Å². The monoisotopic (exact) mass is 339 g/mol. The van der Waals surface area contributed by atoms with Gasteiger partial charge in [-0.15, -0.1) is 0 Å². The fraction of sp³-hybridized carbons (Fsp3) is 0.467. The third kappa shape index (κ3) is 4.43. The Hall–Kier alpha value is -2.11. The van der Waals surface area contributed by atoms with Crippen LogP contribution < -0.4 is 14.8 Å². The van der Waals surface area contributed by atoms with E-state index in [1.807, 2.05) is 6.07 Å².